The van der Waals surface area contributed by atoms with Crippen LogP contribution >= 0.6 is 11.6 Å². The molecule has 10 heteroatoms. The zero-order valence-electron chi connectivity index (χ0n) is 20.1. The first-order chi connectivity index (χ1) is 17.7. The number of H-pyrrole nitrogens is 1. The van der Waals surface area contributed by atoms with E-state index < -0.39 is 29.7 Å². The summed E-state index contributed by atoms with van der Waals surface area (Å²) in [6, 6.07) is 14.2. The molecule has 2 aliphatic heterocycles. The molecule has 4 aromatic rings. The molecule has 0 spiro atoms. The second-order valence-electron chi connectivity index (χ2n) is 9.88. The van der Waals surface area contributed by atoms with Crippen molar-refractivity contribution in [3.8, 4) is 28.4 Å². The van der Waals surface area contributed by atoms with Gasteiger partial charge >= 0.3 is 0 Å². The van der Waals surface area contributed by atoms with Crippen LogP contribution in [0.1, 0.15) is 19.4 Å². The van der Waals surface area contributed by atoms with E-state index >= 15 is 0 Å². The van der Waals surface area contributed by atoms with Crippen LogP contribution in [0.3, 0.4) is 0 Å². The van der Waals surface area contributed by atoms with E-state index in [1.807, 2.05) is 24.3 Å². The van der Waals surface area contributed by atoms with Gasteiger partial charge in [-0.15, -0.1) is 0 Å². The van der Waals surface area contributed by atoms with E-state index in [2.05, 4.69) is 15.0 Å². The minimum Gasteiger partial charge on any atom is -0.456 e. The number of ether oxygens (including phenoxy) is 3. The monoisotopic (exact) mass is 525 g/mol. The Balaban J connectivity index is 1.24. The fourth-order valence-electron chi connectivity index (χ4n) is 4.85. The van der Waals surface area contributed by atoms with Crippen LogP contribution in [0.4, 0.5) is 4.39 Å². The van der Waals surface area contributed by atoms with E-state index in [1.54, 1.807) is 32.0 Å². The van der Waals surface area contributed by atoms with Crippen LogP contribution in [0.25, 0.3) is 33.5 Å². The highest BCUT2D eigenvalue weighted by Gasteiger charge is 2.48. The minimum absolute atomic E-state index is 0.218. The van der Waals surface area contributed by atoms with Gasteiger partial charge in [-0.1, -0.05) is 48.0 Å². The number of rotatable bonds is 5. The van der Waals surface area contributed by atoms with Crippen molar-refractivity contribution in [3.63, 3.8) is 0 Å². The number of fused-ring (bicyclic) bond motifs is 2. The van der Waals surface area contributed by atoms with Gasteiger partial charge in [-0.05, 0) is 37.1 Å². The normalized spacial score (nSPS) is 23.5. The predicted octanol–water partition coefficient (Wildman–Crippen LogP) is 4.22. The van der Waals surface area contributed by atoms with Crippen molar-refractivity contribution in [2.24, 2.45) is 0 Å². The molecule has 2 aromatic heterocycles. The fraction of sp³-hybridized carbons (Fsp3) is 0.333. The summed E-state index contributed by atoms with van der Waals surface area (Å²) in [6.07, 6.45) is -1.80. The molecule has 2 aromatic carbocycles. The van der Waals surface area contributed by atoms with Gasteiger partial charge in [-0.25, -0.2) is 9.37 Å². The number of aliphatic hydroxyl groups excluding tert-OH is 1. The first-order valence-electron chi connectivity index (χ1n) is 11.9. The number of benzene rings is 2. The third kappa shape index (κ3) is 4.47. The molecule has 3 N–H and O–H groups in total. The second kappa shape index (κ2) is 9.04. The largest absolute Gasteiger partial charge is 0.456 e. The van der Waals surface area contributed by atoms with Crippen molar-refractivity contribution in [1.82, 2.24) is 15.0 Å². The molecule has 37 heavy (non-hydrogen) atoms. The van der Waals surface area contributed by atoms with Gasteiger partial charge in [-0.2, -0.15) is 4.98 Å². The quantitative estimate of drug-likeness (QED) is 0.358. The molecular weight excluding hydrogens is 501 g/mol. The van der Waals surface area contributed by atoms with Crippen molar-refractivity contribution >= 4 is 22.8 Å². The average Bonchev–Trinajstić information content (AvgIpc) is 3.54. The zero-order chi connectivity index (χ0) is 25.9. The summed E-state index contributed by atoms with van der Waals surface area (Å²) in [6.45, 7) is 3.61. The van der Waals surface area contributed by atoms with E-state index in [9.17, 15) is 14.6 Å². The van der Waals surface area contributed by atoms with Crippen molar-refractivity contribution in [2.45, 2.75) is 43.9 Å². The molecule has 2 aliphatic rings. The number of pyridine rings is 1. The smallest absolute Gasteiger partial charge is 0.296 e. The number of nitrogens with zero attached hydrogens (tertiary/aromatic N) is 2. The maximum absolute atomic E-state index is 14.6. The number of aromatic amines is 1. The van der Waals surface area contributed by atoms with Crippen LogP contribution in [0.15, 0.2) is 48.5 Å². The number of imidazole rings is 1. The Morgan fingerprint density at radius 1 is 1.00 bits per heavy atom. The van der Waals surface area contributed by atoms with Gasteiger partial charge in [0.1, 0.15) is 24.1 Å². The molecule has 2 fully saturated rings. The van der Waals surface area contributed by atoms with Gasteiger partial charge in [0.2, 0.25) is 0 Å². The van der Waals surface area contributed by atoms with Crippen molar-refractivity contribution in [3.05, 3.63) is 64.9 Å². The molecule has 0 amide bonds. The second-order valence-corrected chi connectivity index (χ2v) is 10.3. The summed E-state index contributed by atoms with van der Waals surface area (Å²) in [5.74, 6) is -0.462. The number of nitrogens with one attached hydrogen (secondary N) is 1. The van der Waals surface area contributed by atoms with Gasteiger partial charge in [0.15, 0.2) is 11.8 Å². The summed E-state index contributed by atoms with van der Waals surface area (Å²) in [5, 5.41) is 20.5. The Kier molecular flexibility index (Phi) is 5.93. The Morgan fingerprint density at radius 3 is 2.43 bits per heavy atom. The number of hydrogen-bond acceptors (Lipinski definition) is 7. The molecule has 2 saturated heterocycles. The summed E-state index contributed by atoms with van der Waals surface area (Å²) in [7, 11) is 0. The van der Waals surface area contributed by atoms with Gasteiger partial charge in [-0.3, -0.25) is 0 Å². The Bertz CT molecular complexity index is 1470. The first-order valence-corrected chi connectivity index (χ1v) is 12.3. The molecule has 0 bridgehead atoms. The van der Waals surface area contributed by atoms with E-state index in [0.717, 1.165) is 11.1 Å². The van der Waals surface area contributed by atoms with Crippen LogP contribution in [-0.2, 0) is 15.1 Å². The van der Waals surface area contributed by atoms with E-state index in [4.69, 9.17) is 25.8 Å². The lowest BCUT2D eigenvalue weighted by Gasteiger charge is -2.19. The van der Waals surface area contributed by atoms with Crippen molar-refractivity contribution in [1.29, 1.82) is 0 Å². The summed E-state index contributed by atoms with van der Waals surface area (Å²) >= 11 is 6.55. The summed E-state index contributed by atoms with van der Waals surface area (Å²) < 4.78 is 31.7. The number of aliphatic hydroxyl groups is 2. The molecule has 6 rings (SSSR count). The summed E-state index contributed by atoms with van der Waals surface area (Å²) in [5.41, 5.74) is 2.87. The number of hydrogen-bond donors (Lipinski definition) is 3. The maximum atomic E-state index is 14.6. The van der Waals surface area contributed by atoms with Crippen LogP contribution in [0, 0.1) is 5.82 Å². The van der Waals surface area contributed by atoms with Crippen LogP contribution in [-0.4, -0.2) is 62.8 Å². The molecule has 0 unspecified atom stereocenters. The predicted molar refractivity (Wildman–Crippen MR) is 135 cm³/mol. The first kappa shape index (κ1) is 24.3. The molecule has 8 nitrogen and oxygen atoms in total. The fourth-order valence-corrected chi connectivity index (χ4v) is 5.11. The third-order valence-corrected chi connectivity index (χ3v) is 7.06. The van der Waals surface area contributed by atoms with Crippen molar-refractivity contribution < 1.29 is 28.8 Å². The molecule has 192 valence electrons. The van der Waals surface area contributed by atoms with Crippen LogP contribution in [0.5, 0.6) is 6.01 Å². The van der Waals surface area contributed by atoms with E-state index in [1.165, 1.54) is 6.07 Å². The van der Waals surface area contributed by atoms with Gasteiger partial charge in [0.05, 0.1) is 35.0 Å². The average molecular weight is 526 g/mol. The lowest BCUT2D eigenvalue weighted by Crippen LogP contribution is -2.34. The standard InChI is InChI=1S/C27H25ClFN3O5/c1-27(2,34)16-8-7-15(9-18(16)29)13-3-5-14(6-4-13)22-17(28)10-19-25(31-22)32-26(30-19)37-21-12-36-23-20(33)11-35-24(21)23/h3-10,20-21,23-24,33-34H,11-12H2,1-2H3,(H,30,31,32)/t20-,21-,23-,24-/m1/s1. The minimum atomic E-state index is -1.26. The van der Waals surface area contributed by atoms with Crippen molar-refractivity contribution in [2.75, 3.05) is 13.2 Å². The Hall–Kier alpha value is -3.08. The highest BCUT2D eigenvalue weighted by Crippen LogP contribution is 2.34. The zero-order valence-corrected chi connectivity index (χ0v) is 20.9. The topological polar surface area (TPSA) is 110 Å². The molecule has 4 atom stereocenters. The van der Waals surface area contributed by atoms with Crippen LogP contribution < -0.4 is 4.74 Å². The Morgan fingerprint density at radius 2 is 1.70 bits per heavy atom. The molecule has 0 radical (unpaired) electrons. The molecule has 0 aliphatic carbocycles. The van der Waals surface area contributed by atoms with Gasteiger partial charge < -0.3 is 29.4 Å². The summed E-state index contributed by atoms with van der Waals surface area (Å²) in [4.78, 5) is 12.2. The molecule has 4 heterocycles. The third-order valence-electron chi connectivity index (χ3n) is 6.77. The highest BCUT2D eigenvalue weighted by atomic mass is 35.5. The number of aromatic nitrogens is 3. The lowest BCUT2D eigenvalue weighted by molar-refractivity contribution is 0.00706. The van der Waals surface area contributed by atoms with Crippen LogP contribution in [0.2, 0.25) is 5.02 Å². The van der Waals surface area contributed by atoms with E-state index in [0.29, 0.717) is 34.1 Å². The Labute approximate surface area is 217 Å². The lowest BCUT2D eigenvalue weighted by atomic mass is 9.94. The maximum Gasteiger partial charge on any atom is 0.296 e. The SMILES string of the molecule is CC(C)(O)c1ccc(-c2ccc(-c3nc4nc(O[C@@H]5CO[C@H]6[C@@H]5OC[C@H]6O)[nH]c4cc3Cl)cc2)cc1F. The molecular formula is C27H25ClFN3O5. The van der Waals surface area contributed by atoms with Gasteiger partial charge in [0, 0.05) is 11.1 Å². The highest BCUT2D eigenvalue weighted by molar-refractivity contribution is 6.33. The van der Waals surface area contributed by atoms with Gasteiger partial charge in [0.25, 0.3) is 6.01 Å². The van der Waals surface area contributed by atoms with E-state index in [-0.39, 0.29) is 24.3 Å². The molecule has 0 saturated carbocycles. The number of halogens is 2.